The highest BCUT2D eigenvalue weighted by Gasteiger charge is 2.56. The molecular weight excluding hydrogens is 320 g/mol. The highest BCUT2D eigenvalue weighted by atomic mass is 16.6. The third-order valence-electron chi connectivity index (χ3n) is 6.07. The predicted octanol–water partition coefficient (Wildman–Crippen LogP) is 2.84. The van der Waals surface area contributed by atoms with Crippen molar-refractivity contribution < 1.29 is 24.2 Å². The van der Waals surface area contributed by atoms with E-state index < -0.39 is 11.5 Å². The van der Waals surface area contributed by atoms with Crippen LogP contribution in [0.1, 0.15) is 47.5 Å². The largest absolute Gasteiger partial charge is 0.459 e. The molecule has 136 valence electrons. The van der Waals surface area contributed by atoms with Gasteiger partial charge in [0.25, 0.3) is 0 Å². The zero-order valence-corrected chi connectivity index (χ0v) is 15.5. The molecule has 0 saturated heterocycles. The van der Waals surface area contributed by atoms with Gasteiger partial charge in [0, 0.05) is 41.4 Å². The second-order valence-electron chi connectivity index (χ2n) is 7.81. The fourth-order valence-corrected chi connectivity index (χ4v) is 4.35. The Labute approximate surface area is 148 Å². The molecule has 3 aliphatic rings. The molecule has 0 unspecified atom stereocenters. The van der Waals surface area contributed by atoms with Crippen molar-refractivity contribution in [2.24, 2.45) is 11.3 Å². The average Bonchev–Trinajstić information content (AvgIpc) is 2.80. The molecular formula is C20H26O5. The Kier molecular flexibility index (Phi) is 4.40. The van der Waals surface area contributed by atoms with E-state index in [0.29, 0.717) is 24.0 Å². The number of hydrogen-bond donors (Lipinski definition) is 1. The van der Waals surface area contributed by atoms with Crippen molar-refractivity contribution in [3.05, 3.63) is 34.4 Å². The van der Waals surface area contributed by atoms with Crippen LogP contribution in [0.3, 0.4) is 0 Å². The molecule has 5 nitrogen and oxygen atoms in total. The molecule has 0 spiro atoms. The smallest absolute Gasteiger partial charge is 0.334 e. The van der Waals surface area contributed by atoms with E-state index in [1.165, 1.54) is 6.08 Å². The summed E-state index contributed by atoms with van der Waals surface area (Å²) < 4.78 is 11.1. The van der Waals surface area contributed by atoms with Gasteiger partial charge >= 0.3 is 11.9 Å². The number of rotatable bonds is 2. The monoisotopic (exact) mass is 346 g/mol. The van der Waals surface area contributed by atoms with Gasteiger partial charge in [-0.15, -0.1) is 0 Å². The third kappa shape index (κ3) is 2.74. The van der Waals surface area contributed by atoms with E-state index in [4.69, 9.17) is 9.47 Å². The minimum Gasteiger partial charge on any atom is -0.459 e. The minimum absolute atomic E-state index is 0.0750. The van der Waals surface area contributed by atoms with Gasteiger partial charge in [0.05, 0.1) is 6.10 Å². The first-order valence-corrected chi connectivity index (χ1v) is 8.81. The van der Waals surface area contributed by atoms with Crippen LogP contribution in [0, 0.1) is 11.3 Å². The van der Waals surface area contributed by atoms with Crippen LogP contribution in [0.5, 0.6) is 0 Å². The van der Waals surface area contributed by atoms with Crippen molar-refractivity contribution in [2.75, 3.05) is 0 Å². The van der Waals surface area contributed by atoms with Gasteiger partial charge in [0.2, 0.25) is 0 Å². The standard InChI is InChI=1S/C20H26O5/c1-10(2)8-16(21)24-14-7-6-13-9-15-17(11(3)19(23)25-15)18(22)20(13,5)12(14)4/h6,8,12,14-15,18,22H,7,9H2,1-5H3/t12-,14-,15+,18+,20+/m0/s1. The zero-order chi connectivity index (χ0) is 18.5. The molecule has 2 aliphatic carbocycles. The minimum atomic E-state index is -0.816. The normalized spacial score (nSPS) is 36.9. The van der Waals surface area contributed by atoms with Crippen molar-refractivity contribution in [1.82, 2.24) is 0 Å². The Hall–Kier alpha value is -1.88. The SMILES string of the molecule is CC(C)=CC(=O)O[C@H]1CC=C2C[C@H]3OC(=O)C(C)=C3[C@@H](O)[C@]2(C)[C@H]1C. The van der Waals surface area contributed by atoms with Gasteiger partial charge in [-0.05, 0) is 20.8 Å². The summed E-state index contributed by atoms with van der Waals surface area (Å²) in [5, 5.41) is 11.1. The Morgan fingerprint density at radius 1 is 1.44 bits per heavy atom. The maximum absolute atomic E-state index is 12.0. The summed E-state index contributed by atoms with van der Waals surface area (Å²) in [6, 6.07) is 0. The summed E-state index contributed by atoms with van der Waals surface area (Å²) in [5.41, 5.74) is 2.59. The number of allylic oxidation sites excluding steroid dienone is 1. The lowest BCUT2D eigenvalue weighted by atomic mass is 9.56. The van der Waals surface area contributed by atoms with Crippen molar-refractivity contribution >= 4 is 11.9 Å². The van der Waals surface area contributed by atoms with Gasteiger partial charge in [0.15, 0.2) is 0 Å². The van der Waals surface area contributed by atoms with E-state index in [0.717, 1.165) is 11.1 Å². The van der Waals surface area contributed by atoms with Crippen LogP contribution >= 0.6 is 0 Å². The van der Waals surface area contributed by atoms with Crippen molar-refractivity contribution in [3.63, 3.8) is 0 Å². The summed E-state index contributed by atoms with van der Waals surface area (Å²) in [4.78, 5) is 23.9. The molecule has 0 bridgehead atoms. The van der Waals surface area contributed by atoms with E-state index in [1.54, 1.807) is 6.92 Å². The number of aliphatic hydroxyl groups excluding tert-OH is 1. The third-order valence-corrected chi connectivity index (χ3v) is 6.07. The molecule has 1 fully saturated rings. The molecule has 5 atom stereocenters. The predicted molar refractivity (Wildman–Crippen MR) is 92.5 cm³/mol. The van der Waals surface area contributed by atoms with Gasteiger partial charge < -0.3 is 14.6 Å². The number of esters is 2. The quantitative estimate of drug-likeness (QED) is 0.473. The first kappa shape index (κ1) is 17.9. The van der Waals surface area contributed by atoms with Crippen LogP contribution in [-0.4, -0.2) is 35.4 Å². The Morgan fingerprint density at radius 3 is 2.76 bits per heavy atom. The molecule has 1 heterocycles. The van der Waals surface area contributed by atoms with E-state index >= 15 is 0 Å². The molecule has 5 heteroatoms. The first-order chi connectivity index (χ1) is 11.7. The first-order valence-electron chi connectivity index (χ1n) is 8.81. The van der Waals surface area contributed by atoms with Crippen LogP contribution in [0.25, 0.3) is 0 Å². The number of ether oxygens (including phenoxy) is 2. The van der Waals surface area contributed by atoms with E-state index in [1.807, 2.05) is 33.8 Å². The molecule has 1 N–H and O–H groups in total. The van der Waals surface area contributed by atoms with Crippen molar-refractivity contribution in [2.45, 2.75) is 65.8 Å². The Balaban J connectivity index is 1.92. The number of aliphatic hydroxyl groups is 1. The molecule has 1 saturated carbocycles. The van der Waals surface area contributed by atoms with Crippen LogP contribution in [0.2, 0.25) is 0 Å². The fraction of sp³-hybridized carbons (Fsp3) is 0.600. The summed E-state index contributed by atoms with van der Waals surface area (Å²) in [6.45, 7) is 9.40. The molecule has 0 aromatic heterocycles. The second-order valence-corrected chi connectivity index (χ2v) is 7.81. The van der Waals surface area contributed by atoms with Gasteiger partial charge in [-0.25, -0.2) is 9.59 Å². The van der Waals surface area contributed by atoms with E-state index in [9.17, 15) is 14.7 Å². The van der Waals surface area contributed by atoms with Crippen LogP contribution in [0.15, 0.2) is 34.4 Å². The fourth-order valence-electron chi connectivity index (χ4n) is 4.35. The van der Waals surface area contributed by atoms with E-state index in [2.05, 4.69) is 0 Å². The van der Waals surface area contributed by atoms with Crippen molar-refractivity contribution in [1.29, 1.82) is 0 Å². The van der Waals surface area contributed by atoms with Gasteiger partial charge in [-0.2, -0.15) is 0 Å². The maximum Gasteiger partial charge on any atom is 0.334 e. The lowest BCUT2D eigenvalue weighted by molar-refractivity contribution is -0.151. The maximum atomic E-state index is 12.0. The Morgan fingerprint density at radius 2 is 2.12 bits per heavy atom. The average molecular weight is 346 g/mol. The second kappa shape index (κ2) is 6.13. The van der Waals surface area contributed by atoms with Crippen LogP contribution < -0.4 is 0 Å². The highest BCUT2D eigenvalue weighted by Crippen LogP contribution is 2.55. The number of carbonyl (C=O) groups excluding carboxylic acids is 2. The Bertz CT molecular complexity index is 710. The molecule has 3 rings (SSSR count). The highest BCUT2D eigenvalue weighted by molar-refractivity contribution is 5.92. The molecule has 0 aromatic rings. The van der Waals surface area contributed by atoms with Crippen LogP contribution in [-0.2, 0) is 19.1 Å². The molecule has 25 heavy (non-hydrogen) atoms. The zero-order valence-electron chi connectivity index (χ0n) is 15.5. The number of carbonyl (C=O) groups is 2. The van der Waals surface area contributed by atoms with E-state index in [-0.39, 0.29) is 30.1 Å². The topological polar surface area (TPSA) is 72.8 Å². The summed E-state index contributed by atoms with van der Waals surface area (Å²) in [6.07, 6.45) is 3.26. The van der Waals surface area contributed by atoms with Gasteiger partial charge in [-0.1, -0.05) is 31.1 Å². The summed E-state index contributed by atoms with van der Waals surface area (Å²) in [5.74, 6) is -0.773. The van der Waals surface area contributed by atoms with Gasteiger partial charge in [0.1, 0.15) is 12.2 Å². The van der Waals surface area contributed by atoms with Gasteiger partial charge in [-0.3, -0.25) is 0 Å². The number of hydrogen-bond acceptors (Lipinski definition) is 5. The molecule has 0 aromatic carbocycles. The lowest BCUT2D eigenvalue weighted by Crippen LogP contribution is -2.53. The number of fused-ring (bicyclic) bond motifs is 2. The van der Waals surface area contributed by atoms with Crippen LogP contribution in [0.4, 0.5) is 0 Å². The summed E-state index contributed by atoms with van der Waals surface area (Å²) in [7, 11) is 0. The van der Waals surface area contributed by atoms with Crippen molar-refractivity contribution in [3.8, 4) is 0 Å². The molecule has 0 amide bonds. The lowest BCUT2D eigenvalue weighted by Gasteiger charge is -2.51. The molecule has 0 radical (unpaired) electrons. The molecule has 1 aliphatic heterocycles. The summed E-state index contributed by atoms with van der Waals surface area (Å²) >= 11 is 0.